The summed E-state index contributed by atoms with van der Waals surface area (Å²) >= 11 is 0. The van der Waals surface area contributed by atoms with Gasteiger partial charge in [-0.3, -0.25) is 0 Å². The van der Waals surface area contributed by atoms with E-state index in [0.717, 1.165) is 63.5 Å². The van der Waals surface area contributed by atoms with Gasteiger partial charge in [0.1, 0.15) is 10.1 Å². The van der Waals surface area contributed by atoms with E-state index in [2.05, 4.69) is 38.2 Å². The van der Waals surface area contributed by atoms with Gasteiger partial charge in [0.2, 0.25) is 0 Å². The number of carbonyl (C=O) groups excluding carboxylic acids is 2. The molecule has 0 fully saturated rings. The number of esters is 2. The number of unbranched alkanes of at least 4 members (excludes halogenated alkanes) is 26. The Labute approximate surface area is 380 Å². The first-order chi connectivity index (χ1) is 26.3. The van der Waals surface area contributed by atoms with Gasteiger partial charge < -0.3 is 14.0 Å². The van der Waals surface area contributed by atoms with Crippen molar-refractivity contribution in [3.63, 3.8) is 0 Å². The van der Waals surface area contributed by atoms with Crippen molar-refractivity contribution in [1.29, 1.82) is 0 Å². The molecule has 0 radical (unpaired) electrons. The molecule has 0 aliphatic carbocycles. The molecule has 0 aliphatic heterocycles. The van der Waals surface area contributed by atoms with Crippen LogP contribution in [0.2, 0.25) is 0 Å². The van der Waals surface area contributed by atoms with Crippen LogP contribution >= 0.6 is 0 Å². The standard InChI is InChI=1S/C46H78O7S.K/c1-3-5-7-9-11-13-15-17-19-21-23-25-27-29-31-33-35-39-52-45(47)43-38-37-42(54(49,50)51)41-44(43)46(48)53-40-36-34-32-30-28-26-24-22-20-18-16-14-12-10-8-6-4-2;/h17-20,37-38,41H,3-16,21-36,39-40H2,1-2H3,(H,49,50,51);/q;+1/p-1/b19-17+,20-18+;. The zero-order valence-corrected chi connectivity index (χ0v) is 39.4. The number of rotatable bonds is 37. The molecule has 55 heavy (non-hydrogen) atoms. The summed E-state index contributed by atoms with van der Waals surface area (Å²) in [5.41, 5.74) is -0.346. The Morgan fingerprint density at radius 3 is 1.15 bits per heavy atom. The van der Waals surface area contributed by atoms with E-state index in [-0.39, 0.29) is 75.7 Å². The molecule has 7 nitrogen and oxygen atoms in total. The van der Waals surface area contributed by atoms with Crippen molar-refractivity contribution in [2.75, 3.05) is 13.2 Å². The summed E-state index contributed by atoms with van der Waals surface area (Å²) < 4.78 is 45.8. The molecule has 1 rings (SSSR count). The van der Waals surface area contributed by atoms with E-state index in [0.29, 0.717) is 12.8 Å². The molecule has 0 aromatic heterocycles. The molecule has 0 unspecified atom stereocenters. The first-order valence-corrected chi connectivity index (χ1v) is 23.5. The quantitative estimate of drug-likeness (QED) is 0.0216. The molecular formula is C46H77KO7S. The number of ether oxygens (including phenoxy) is 2. The fraction of sp³-hybridized carbons (Fsp3) is 0.739. The summed E-state index contributed by atoms with van der Waals surface area (Å²) in [6, 6.07) is 3.13. The largest absolute Gasteiger partial charge is 1.00 e. The van der Waals surface area contributed by atoms with Gasteiger partial charge >= 0.3 is 63.3 Å². The Bertz CT molecular complexity index is 1240. The zero-order chi connectivity index (χ0) is 39.4. The Kier molecular flexibility index (Phi) is 38.1. The van der Waals surface area contributed by atoms with E-state index in [1.54, 1.807) is 0 Å². The Morgan fingerprint density at radius 1 is 0.491 bits per heavy atom. The SMILES string of the molecule is CCCCCCCC/C=C/CCCCCCCCCOC(=O)c1ccc(S(=O)(=O)[O-])cc1C(=O)OCCCCCCCCC/C=C/CCCCCCCC.[K+]. The Morgan fingerprint density at radius 2 is 0.800 bits per heavy atom. The van der Waals surface area contributed by atoms with Crippen molar-refractivity contribution in [3.8, 4) is 0 Å². The number of benzene rings is 1. The molecule has 0 atom stereocenters. The number of hydrogen-bond donors (Lipinski definition) is 0. The van der Waals surface area contributed by atoms with Crippen molar-refractivity contribution in [1.82, 2.24) is 0 Å². The van der Waals surface area contributed by atoms with Crippen LogP contribution < -0.4 is 51.4 Å². The zero-order valence-electron chi connectivity index (χ0n) is 35.4. The van der Waals surface area contributed by atoms with Crippen LogP contribution in [0.4, 0.5) is 0 Å². The molecule has 0 bridgehead atoms. The molecule has 310 valence electrons. The molecule has 0 spiro atoms. The minimum absolute atomic E-state index is 0. The van der Waals surface area contributed by atoms with Crippen LogP contribution in [0.15, 0.2) is 47.4 Å². The second-order valence-electron chi connectivity index (χ2n) is 15.0. The van der Waals surface area contributed by atoms with Crippen molar-refractivity contribution in [2.45, 2.75) is 211 Å². The first kappa shape index (κ1) is 54.2. The summed E-state index contributed by atoms with van der Waals surface area (Å²) in [6.07, 6.45) is 45.0. The van der Waals surface area contributed by atoms with Gasteiger partial charge in [-0.05, 0) is 82.4 Å². The van der Waals surface area contributed by atoms with Gasteiger partial charge in [0.05, 0.1) is 29.2 Å². The first-order valence-electron chi connectivity index (χ1n) is 22.0. The van der Waals surface area contributed by atoms with Gasteiger partial charge in [0, 0.05) is 0 Å². The van der Waals surface area contributed by atoms with Crippen LogP contribution in [0.5, 0.6) is 0 Å². The molecule has 1 aromatic rings. The van der Waals surface area contributed by atoms with Crippen LogP contribution in [0.3, 0.4) is 0 Å². The fourth-order valence-corrected chi connectivity index (χ4v) is 7.06. The molecule has 9 heteroatoms. The molecule has 0 aliphatic rings. The average Bonchev–Trinajstić information content (AvgIpc) is 3.16. The predicted octanol–water partition coefficient (Wildman–Crippen LogP) is 10.8. The van der Waals surface area contributed by atoms with Gasteiger partial charge in [-0.25, -0.2) is 18.0 Å². The van der Waals surface area contributed by atoms with E-state index in [9.17, 15) is 22.6 Å². The van der Waals surface area contributed by atoms with Gasteiger partial charge in [-0.2, -0.15) is 0 Å². The van der Waals surface area contributed by atoms with Crippen LogP contribution in [-0.2, 0) is 19.6 Å². The molecule has 0 heterocycles. The molecular weight excluding hydrogens is 736 g/mol. The molecule has 0 N–H and O–H groups in total. The summed E-state index contributed by atoms with van der Waals surface area (Å²) in [5.74, 6) is -1.56. The predicted molar refractivity (Wildman–Crippen MR) is 223 cm³/mol. The summed E-state index contributed by atoms with van der Waals surface area (Å²) in [4.78, 5) is 25.2. The fourth-order valence-electron chi connectivity index (χ4n) is 6.56. The van der Waals surface area contributed by atoms with Crippen molar-refractivity contribution < 1.29 is 83.4 Å². The Balaban J connectivity index is 0.0000292. The topological polar surface area (TPSA) is 110 Å². The van der Waals surface area contributed by atoms with E-state index < -0.39 is 27.0 Å². The van der Waals surface area contributed by atoms with E-state index in [1.165, 1.54) is 134 Å². The smallest absolute Gasteiger partial charge is 0.744 e. The summed E-state index contributed by atoms with van der Waals surface area (Å²) in [6.45, 7) is 4.86. The summed E-state index contributed by atoms with van der Waals surface area (Å²) in [7, 11) is -4.82. The monoisotopic (exact) mass is 813 g/mol. The van der Waals surface area contributed by atoms with Crippen LogP contribution in [0.25, 0.3) is 0 Å². The average molecular weight is 813 g/mol. The number of carbonyl (C=O) groups is 2. The van der Waals surface area contributed by atoms with E-state index in [1.807, 2.05) is 0 Å². The van der Waals surface area contributed by atoms with Gasteiger partial charge in [0.15, 0.2) is 0 Å². The molecule has 0 saturated carbocycles. The van der Waals surface area contributed by atoms with Crippen LogP contribution in [0, 0.1) is 0 Å². The second-order valence-corrected chi connectivity index (χ2v) is 16.4. The minimum atomic E-state index is -4.82. The molecule has 0 saturated heterocycles. The second kappa shape index (κ2) is 38.7. The summed E-state index contributed by atoms with van der Waals surface area (Å²) in [5, 5.41) is 0. The van der Waals surface area contributed by atoms with E-state index >= 15 is 0 Å². The Hall–Kier alpha value is -0.814. The van der Waals surface area contributed by atoms with Gasteiger partial charge in [-0.1, -0.05) is 167 Å². The van der Waals surface area contributed by atoms with Gasteiger partial charge in [-0.15, -0.1) is 0 Å². The van der Waals surface area contributed by atoms with Crippen molar-refractivity contribution in [3.05, 3.63) is 53.6 Å². The molecule has 0 amide bonds. The molecule has 1 aromatic carbocycles. The third-order valence-electron chi connectivity index (χ3n) is 10.00. The van der Waals surface area contributed by atoms with Gasteiger partial charge in [0.25, 0.3) is 0 Å². The van der Waals surface area contributed by atoms with Crippen molar-refractivity contribution in [2.24, 2.45) is 0 Å². The maximum absolute atomic E-state index is 12.9. The van der Waals surface area contributed by atoms with Crippen LogP contribution in [0.1, 0.15) is 227 Å². The minimum Gasteiger partial charge on any atom is -0.744 e. The van der Waals surface area contributed by atoms with E-state index in [4.69, 9.17) is 9.47 Å². The number of hydrogen-bond acceptors (Lipinski definition) is 7. The third kappa shape index (κ3) is 31.8. The number of allylic oxidation sites excluding steroid dienone is 4. The maximum atomic E-state index is 12.9. The van der Waals surface area contributed by atoms with Crippen LogP contribution in [-0.4, -0.2) is 38.1 Å². The third-order valence-corrected chi connectivity index (χ3v) is 10.8. The van der Waals surface area contributed by atoms with Crippen molar-refractivity contribution >= 4 is 22.1 Å². The normalized spacial score (nSPS) is 11.7. The maximum Gasteiger partial charge on any atom is 1.00 e.